The highest BCUT2D eigenvalue weighted by Gasteiger charge is 2.57. The molecular formula is C18H20F4N2O4S. The van der Waals surface area contributed by atoms with Crippen LogP contribution in [0.15, 0.2) is 42.0 Å². The lowest BCUT2D eigenvalue weighted by molar-refractivity contribution is -0.286. The van der Waals surface area contributed by atoms with Crippen molar-refractivity contribution in [2.24, 2.45) is 4.99 Å². The highest BCUT2D eigenvalue weighted by molar-refractivity contribution is 8.14. The molecular weight excluding hydrogens is 416 g/mol. The van der Waals surface area contributed by atoms with Crippen LogP contribution in [0, 0.1) is 5.82 Å². The van der Waals surface area contributed by atoms with E-state index in [9.17, 15) is 27.8 Å². The Morgan fingerprint density at radius 1 is 1.31 bits per heavy atom. The summed E-state index contributed by atoms with van der Waals surface area (Å²) in [5.74, 6) is -0.528. The zero-order valence-corrected chi connectivity index (χ0v) is 16.1. The van der Waals surface area contributed by atoms with Crippen LogP contribution in [0.5, 0.6) is 0 Å². The minimum atomic E-state index is -4.87. The molecule has 2 aliphatic heterocycles. The third-order valence-electron chi connectivity index (χ3n) is 4.63. The van der Waals surface area contributed by atoms with Crippen LogP contribution in [-0.4, -0.2) is 69.4 Å². The topological polar surface area (TPSA) is 74.5 Å². The number of rotatable bonds is 5. The van der Waals surface area contributed by atoms with Crippen LogP contribution in [0.1, 0.15) is 5.56 Å². The van der Waals surface area contributed by atoms with Gasteiger partial charge in [-0.15, -0.1) is 0 Å². The first kappa shape index (κ1) is 22.0. The summed E-state index contributed by atoms with van der Waals surface area (Å²) >= 11 is 1.03. The van der Waals surface area contributed by atoms with Crippen molar-refractivity contribution in [3.63, 3.8) is 0 Å². The number of amidine groups is 1. The van der Waals surface area contributed by atoms with E-state index in [1.165, 1.54) is 23.2 Å². The molecule has 160 valence electrons. The van der Waals surface area contributed by atoms with E-state index in [4.69, 9.17) is 9.47 Å². The second-order valence-corrected chi connectivity index (χ2v) is 7.73. The molecule has 0 spiro atoms. The Labute approximate surface area is 168 Å². The molecule has 6 nitrogen and oxygen atoms in total. The Bertz CT molecular complexity index is 761. The number of aliphatic hydroxyl groups is 2. The van der Waals surface area contributed by atoms with Crippen LogP contribution in [0.2, 0.25) is 0 Å². The van der Waals surface area contributed by atoms with Crippen LogP contribution < -0.4 is 0 Å². The number of nitrogens with zero attached hydrogens (tertiary/aromatic N) is 2. The maximum atomic E-state index is 13.7. The molecule has 1 fully saturated rings. The van der Waals surface area contributed by atoms with Gasteiger partial charge in [0.15, 0.2) is 11.3 Å². The molecule has 2 aliphatic rings. The van der Waals surface area contributed by atoms with Gasteiger partial charge >= 0.3 is 6.18 Å². The largest absolute Gasteiger partial charge is 0.417 e. The highest BCUT2D eigenvalue weighted by atomic mass is 32.2. The summed E-state index contributed by atoms with van der Waals surface area (Å²) in [5.41, 5.74) is -0.604. The lowest BCUT2D eigenvalue weighted by Gasteiger charge is -2.41. The number of fused-ring (bicyclic) bond motifs is 1. The van der Waals surface area contributed by atoms with Crippen molar-refractivity contribution in [3.8, 4) is 0 Å². The van der Waals surface area contributed by atoms with Crippen molar-refractivity contribution < 1.29 is 37.2 Å². The molecule has 1 aromatic carbocycles. The summed E-state index contributed by atoms with van der Waals surface area (Å²) in [4.78, 5) is 5.75. The molecule has 1 aromatic rings. The maximum absolute atomic E-state index is 13.7. The number of ether oxygens (including phenoxy) is 2. The van der Waals surface area contributed by atoms with E-state index in [-0.39, 0.29) is 0 Å². The number of alkyl halides is 3. The van der Waals surface area contributed by atoms with Gasteiger partial charge in [0.25, 0.3) is 0 Å². The molecule has 0 bridgehead atoms. The zero-order valence-electron chi connectivity index (χ0n) is 15.3. The first-order valence-corrected chi connectivity index (χ1v) is 9.54. The van der Waals surface area contributed by atoms with Crippen molar-refractivity contribution in [3.05, 3.63) is 48.4 Å². The quantitative estimate of drug-likeness (QED) is 0.690. The van der Waals surface area contributed by atoms with E-state index in [0.717, 1.165) is 23.9 Å². The molecule has 29 heavy (non-hydrogen) atoms. The smallest absolute Gasteiger partial charge is 0.388 e. The summed E-state index contributed by atoms with van der Waals surface area (Å²) in [7, 11) is 1.64. The molecule has 6 atom stereocenters. The molecule has 0 amide bonds. The van der Waals surface area contributed by atoms with Crippen molar-refractivity contribution in [2.45, 2.75) is 48.7 Å². The second-order valence-electron chi connectivity index (χ2n) is 6.66. The van der Waals surface area contributed by atoms with Crippen molar-refractivity contribution in [1.82, 2.24) is 4.90 Å². The summed E-state index contributed by atoms with van der Waals surface area (Å²) < 4.78 is 64.5. The van der Waals surface area contributed by atoms with E-state index in [0.29, 0.717) is 10.7 Å². The van der Waals surface area contributed by atoms with Crippen LogP contribution in [-0.2, 0) is 16.1 Å². The van der Waals surface area contributed by atoms with Gasteiger partial charge in [-0.2, -0.15) is 13.2 Å². The lowest BCUT2D eigenvalue weighted by Crippen LogP contribution is -2.61. The fourth-order valence-corrected chi connectivity index (χ4v) is 4.19. The number of aliphatic hydroxyl groups excluding tert-OH is 2. The maximum Gasteiger partial charge on any atom is 0.417 e. The molecule has 0 aromatic heterocycles. The van der Waals surface area contributed by atoms with Crippen molar-refractivity contribution >= 4 is 16.9 Å². The Kier molecular flexibility index (Phi) is 6.54. The highest BCUT2D eigenvalue weighted by Crippen LogP contribution is 2.41. The van der Waals surface area contributed by atoms with E-state index in [1.54, 1.807) is 7.05 Å². The van der Waals surface area contributed by atoms with E-state index >= 15 is 0 Å². The standard InChI is InChI=1S/C18H20F4N2O4S/c1-3-24(2)17-23-11-12(25)13(26)14(28-16(11)29-17)15(18(20,21)22)27-8-9-4-6-10(19)7-5-9/h3-7,11-16,25-26H,1,8H2,2H3/t11-,12-,13+,14+,15-,16-/m1/s1. The lowest BCUT2D eigenvalue weighted by atomic mass is 9.94. The minimum absolute atomic E-state index is 0.317. The summed E-state index contributed by atoms with van der Waals surface area (Å²) in [6.07, 6.45) is -11.2. The average molecular weight is 436 g/mol. The molecule has 1 saturated heterocycles. The van der Waals surface area contributed by atoms with Gasteiger partial charge in [0.1, 0.15) is 35.6 Å². The molecule has 3 rings (SSSR count). The predicted octanol–water partition coefficient (Wildman–Crippen LogP) is 2.27. The number of benzene rings is 1. The van der Waals surface area contributed by atoms with Gasteiger partial charge in [-0.05, 0) is 23.9 Å². The first-order chi connectivity index (χ1) is 13.6. The van der Waals surface area contributed by atoms with Gasteiger partial charge in [-0.1, -0.05) is 30.5 Å². The zero-order chi connectivity index (χ0) is 21.3. The van der Waals surface area contributed by atoms with E-state index < -0.39 is 54.5 Å². The van der Waals surface area contributed by atoms with Crippen LogP contribution in [0.25, 0.3) is 0 Å². The Morgan fingerprint density at radius 2 is 1.97 bits per heavy atom. The summed E-state index contributed by atoms with van der Waals surface area (Å²) in [6.45, 7) is 3.10. The van der Waals surface area contributed by atoms with E-state index in [1.807, 2.05) is 0 Å². The van der Waals surface area contributed by atoms with Crippen LogP contribution in [0.4, 0.5) is 17.6 Å². The van der Waals surface area contributed by atoms with Gasteiger partial charge in [-0.3, -0.25) is 4.99 Å². The summed E-state index contributed by atoms with van der Waals surface area (Å²) in [5, 5.41) is 21.1. The Balaban J connectivity index is 1.76. The molecule has 11 heteroatoms. The third-order valence-corrected chi connectivity index (χ3v) is 5.85. The Hall–Kier alpha value is -1.66. The third kappa shape index (κ3) is 4.75. The summed E-state index contributed by atoms with van der Waals surface area (Å²) in [6, 6.07) is 3.88. The number of hydrogen-bond acceptors (Lipinski definition) is 7. The fraction of sp³-hybridized carbons (Fsp3) is 0.500. The molecule has 0 unspecified atom stereocenters. The molecule has 2 N–H and O–H groups in total. The monoisotopic (exact) mass is 436 g/mol. The second kappa shape index (κ2) is 8.60. The molecule has 2 heterocycles. The molecule has 0 aliphatic carbocycles. The average Bonchev–Trinajstić information content (AvgIpc) is 3.10. The fourth-order valence-electron chi connectivity index (χ4n) is 3.01. The normalized spacial score (nSPS) is 30.4. The number of hydrogen-bond donors (Lipinski definition) is 2. The van der Waals surface area contributed by atoms with Gasteiger partial charge in [0, 0.05) is 7.05 Å². The minimum Gasteiger partial charge on any atom is -0.388 e. The van der Waals surface area contributed by atoms with Gasteiger partial charge in [0.2, 0.25) is 0 Å². The van der Waals surface area contributed by atoms with Crippen molar-refractivity contribution in [2.75, 3.05) is 7.05 Å². The number of thioether (sulfide) groups is 1. The van der Waals surface area contributed by atoms with Crippen LogP contribution >= 0.6 is 11.8 Å². The SMILES string of the molecule is C=CN(C)C1=N[C@@H]2[C@@H](O)[C@H](O)[C@@H]([C@@H](OCc3ccc(F)cc3)C(F)(F)F)O[C@@H]2S1. The predicted molar refractivity (Wildman–Crippen MR) is 98.5 cm³/mol. The first-order valence-electron chi connectivity index (χ1n) is 8.66. The number of aliphatic imine (C=N–C) groups is 1. The van der Waals surface area contributed by atoms with Gasteiger partial charge in [0.05, 0.1) is 6.61 Å². The number of halogens is 4. The molecule has 0 radical (unpaired) electrons. The van der Waals surface area contributed by atoms with Gasteiger partial charge < -0.3 is 24.6 Å². The van der Waals surface area contributed by atoms with Gasteiger partial charge in [-0.25, -0.2) is 4.39 Å². The molecule has 0 saturated carbocycles. The van der Waals surface area contributed by atoms with E-state index in [2.05, 4.69) is 11.6 Å². The Morgan fingerprint density at radius 3 is 2.55 bits per heavy atom. The van der Waals surface area contributed by atoms with Crippen molar-refractivity contribution in [1.29, 1.82) is 0 Å². The van der Waals surface area contributed by atoms with Crippen LogP contribution in [0.3, 0.4) is 0 Å².